The standard InChI is InChI=1S/C28H21N/c1-20-8-5-12-23(16-20)26-18-25-14-7-15-29-28(25)19-27(26)24-13-6-11-22(17-24)21-9-3-2-4-10-21/h2-19H,1H3. The van der Waals surface area contributed by atoms with Crippen molar-refractivity contribution in [3.05, 3.63) is 115 Å². The van der Waals surface area contributed by atoms with Gasteiger partial charge in [0, 0.05) is 11.6 Å². The summed E-state index contributed by atoms with van der Waals surface area (Å²) in [7, 11) is 0. The number of aromatic nitrogens is 1. The molecule has 1 heterocycles. The smallest absolute Gasteiger partial charge is 0.0708 e. The van der Waals surface area contributed by atoms with Crippen LogP contribution in [0.1, 0.15) is 5.56 Å². The predicted molar refractivity (Wildman–Crippen MR) is 123 cm³/mol. The zero-order chi connectivity index (χ0) is 19.6. The van der Waals surface area contributed by atoms with E-state index >= 15 is 0 Å². The summed E-state index contributed by atoms with van der Waals surface area (Å²) in [6, 6.07) is 36.6. The monoisotopic (exact) mass is 371 g/mol. The quantitative estimate of drug-likeness (QED) is 0.319. The summed E-state index contributed by atoms with van der Waals surface area (Å²) < 4.78 is 0. The van der Waals surface area contributed by atoms with Gasteiger partial charge in [0.05, 0.1) is 5.52 Å². The van der Waals surface area contributed by atoms with Gasteiger partial charge in [-0.05, 0) is 64.6 Å². The normalized spacial score (nSPS) is 10.9. The van der Waals surface area contributed by atoms with Crippen LogP contribution in [0, 0.1) is 6.92 Å². The number of aryl methyl sites for hydroxylation is 1. The van der Waals surface area contributed by atoms with Gasteiger partial charge in [-0.15, -0.1) is 0 Å². The van der Waals surface area contributed by atoms with Gasteiger partial charge < -0.3 is 0 Å². The van der Waals surface area contributed by atoms with Gasteiger partial charge in [0.2, 0.25) is 0 Å². The topological polar surface area (TPSA) is 12.9 Å². The highest BCUT2D eigenvalue weighted by Crippen LogP contribution is 2.37. The minimum Gasteiger partial charge on any atom is -0.256 e. The summed E-state index contributed by atoms with van der Waals surface area (Å²) in [5.74, 6) is 0. The Morgan fingerprint density at radius 2 is 1.21 bits per heavy atom. The molecule has 0 radical (unpaired) electrons. The molecule has 0 fully saturated rings. The molecule has 29 heavy (non-hydrogen) atoms. The molecule has 0 saturated carbocycles. The van der Waals surface area contributed by atoms with E-state index in [9.17, 15) is 0 Å². The lowest BCUT2D eigenvalue weighted by Crippen LogP contribution is -1.89. The van der Waals surface area contributed by atoms with Gasteiger partial charge in [0.15, 0.2) is 0 Å². The largest absolute Gasteiger partial charge is 0.256 e. The first-order valence-corrected chi connectivity index (χ1v) is 9.90. The molecular weight excluding hydrogens is 350 g/mol. The van der Waals surface area contributed by atoms with Gasteiger partial charge in [-0.3, -0.25) is 4.98 Å². The highest BCUT2D eigenvalue weighted by molar-refractivity contribution is 5.95. The Bertz CT molecular complexity index is 1300. The molecule has 5 aromatic rings. The Labute approximate surface area is 171 Å². The summed E-state index contributed by atoms with van der Waals surface area (Å²) in [5, 5.41) is 1.16. The fraction of sp³-hybridized carbons (Fsp3) is 0.0357. The fourth-order valence-corrected chi connectivity index (χ4v) is 3.91. The second-order valence-electron chi connectivity index (χ2n) is 7.41. The molecule has 4 aromatic carbocycles. The highest BCUT2D eigenvalue weighted by atomic mass is 14.6. The molecule has 0 aliphatic carbocycles. The summed E-state index contributed by atoms with van der Waals surface area (Å²) in [5.41, 5.74) is 9.61. The molecule has 1 heteroatoms. The van der Waals surface area contributed by atoms with E-state index in [0.717, 1.165) is 10.9 Å². The molecule has 0 aliphatic rings. The van der Waals surface area contributed by atoms with Gasteiger partial charge in [0.25, 0.3) is 0 Å². The molecule has 0 spiro atoms. The molecule has 0 aliphatic heterocycles. The number of pyridine rings is 1. The van der Waals surface area contributed by atoms with Crippen molar-refractivity contribution in [2.24, 2.45) is 0 Å². The maximum atomic E-state index is 4.60. The lowest BCUT2D eigenvalue weighted by molar-refractivity contribution is 1.41. The lowest BCUT2D eigenvalue weighted by Gasteiger charge is -2.14. The summed E-state index contributed by atoms with van der Waals surface area (Å²) >= 11 is 0. The van der Waals surface area contributed by atoms with Crippen molar-refractivity contribution in [2.45, 2.75) is 6.92 Å². The summed E-state index contributed by atoms with van der Waals surface area (Å²) in [6.45, 7) is 2.14. The Balaban J connectivity index is 1.75. The van der Waals surface area contributed by atoms with Crippen LogP contribution in [0.15, 0.2) is 109 Å². The molecule has 0 bridgehead atoms. The predicted octanol–water partition coefficient (Wildman–Crippen LogP) is 7.54. The molecule has 138 valence electrons. The van der Waals surface area contributed by atoms with E-state index in [-0.39, 0.29) is 0 Å². The number of rotatable bonds is 3. The average Bonchev–Trinajstić information content (AvgIpc) is 2.79. The molecule has 0 unspecified atom stereocenters. The van der Waals surface area contributed by atoms with Crippen LogP contribution < -0.4 is 0 Å². The minimum atomic E-state index is 1.02. The molecule has 5 rings (SSSR count). The Morgan fingerprint density at radius 1 is 0.517 bits per heavy atom. The van der Waals surface area contributed by atoms with Crippen molar-refractivity contribution in [2.75, 3.05) is 0 Å². The first kappa shape index (κ1) is 17.4. The van der Waals surface area contributed by atoms with Gasteiger partial charge in [-0.1, -0.05) is 84.4 Å². The van der Waals surface area contributed by atoms with Crippen LogP contribution in [-0.2, 0) is 0 Å². The Hall–Kier alpha value is -3.71. The Kier molecular flexibility index (Phi) is 4.42. The van der Waals surface area contributed by atoms with Crippen molar-refractivity contribution in [3.8, 4) is 33.4 Å². The van der Waals surface area contributed by atoms with E-state index in [2.05, 4.69) is 109 Å². The molecule has 0 amide bonds. The van der Waals surface area contributed by atoms with E-state index in [1.807, 2.05) is 12.3 Å². The zero-order valence-corrected chi connectivity index (χ0v) is 16.3. The van der Waals surface area contributed by atoms with Crippen LogP contribution in [0.5, 0.6) is 0 Å². The number of benzene rings is 4. The van der Waals surface area contributed by atoms with Crippen molar-refractivity contribution in [1.82, 2.24) is 4.98 Å². The summed E-state index contributed by atoms with van der Waals surface area (Å²) in [6.07, 6.45) is 1.86. The molecule has 1 aromatic heterocycles. The van der Waals surface area contributed by atoms with Gasteiger partial charge in [0.1, 0.15) is 0 Å². The Morgan fingerprint density at radius 3 is 2.03 bits per heavy atom. The molecule has 1 nitrogen and oxygen atoms in total. The highest BCUT2D eigenvalue weighted by Gasteiger charge is 2.11. The van der Waals surface area contributed by atoms with Gasteiger partial charge in [-0.25, -0.2) is 0 Å². The minimum absolute atomic E-state index is 1.02. The number of fused-ring (bicyclic) bond motifs is 1. The molecular formula is C28H21N. The lowest BCUT2D eigenvalue weighted by atomic mass is 9.91. The SMILES string of the molecule is Cc1cccc(-c2cc3cccnc3cc2-c2cccc(-c3ccccc3)c2)c1. The number of nitrogens with zero attached hydrogens (tertiary/aromatic N) is 1. The first-order valence-electron chi connectivity index (χ1n) is 9.90. The maximum absolute atomic E-state index is 4.60. The third-order valence-corrected chi connectivity index (χ3v) is 5.35. The van der Waals surface area contributed by atoms with E-state index in [1.54, 1.807) is 0 Å². The van der Waals surface area contributed by atoms with Crippen molar-refractivity contribution >= 4 is 10.9 Å². The first-order chi connectivity index (χ1) is 14.3. The molecule has 0 saturated heterocycles. The van der Waals surface area contributed by atoms with Crippen LogP contribution >= 0.6 is 0 Å². The van der Waals surface area contributed by atoms with E-state index < -0.39 is 0 Å². The molecule has 0 atom stereocenters. The number of hydrogen-bond donors (Lipinski definition) is 0. The van der Waals surface area contributed by atoms with Crippen LogP contribution in [0.25, 0.3) is 44.3 Å². The summed E-state index contributed by atoms with van der Waals surface area (Å²) in [4.78, 5) is 4.60. The van der Waals surface area contributed by atoms with Gasteiger partial charge >= 0.3 is 0 Å². The van der Waals surface area contributed by atoms with E-state index in [4.69, 9.17) is 0 Å². The van der Waals surface area contributed by atoms with Crippen LogP contribution in [0.2, 0.25) is 0 Å². The van der Waals surface area contributed by atoms with Crippen LogP contribution in [0.4, 0.5) is 0 Å². The van der Waals surface area contributed by atoms with Crippen molar-refractivity contribution in [1.29, 1.82) is 0 Å². The van der Waals surface area contributed by atoms with Gasteiger partial charge in [-0.2, -0.15) is 0 Å². The third-order valence-electron chi connectivity index (χ3n) is 5.35. The number of hydrogen-bond acceptors (Lipinski definition) is 1. The van der Waals surface area contributed by atoms with E-state index in [1.165, 1.54) is 38.9 Å². The average molecular weight is 371 g/mol. The van der Waals surface area contributed by atoms with Crippen molar-refractivity contribution < 1.29 is 0 Å². The third kappa shape index (κ3) is 3.43. The second kappa shape index (κ2) is 7.37. The fourth-order valence-electron chi connectivity index (χ4n) is 3.91. The van der Waals surface area contributed by atoms with Crippen LogP contribution in [-0.4, -0.2) is 4.98 Å². The van der Waals surface area contributed by atoms with Crippen LogP contribution in [0.3, 0.4) is 0 Å². The van der Waals surface area contributed by atoms with Crippen molar-refractivity contribution in [3.63, 3.8) is 0 Å². The zero-order valence-electron chi connectivity index (χ0n) is 16.3. The molecule has 0 N–H and O–H groups in total. The van der Waals surface area contributed by atoms with E-state index in [0.29, 0.717) is 0 Å². The maximum Gasteiger partial charge on any atom is 0.0708 e. The second-order valence-corrected chi connectivity index (χ2v) is 7.41.